The van der Waals surface area contributed by atoms with Crippen LogP contribution in [0.15, 0.2) is 54.6 Å². The summed E-state index contributed by atoms with van der Waals surface area (Å²) in [6.45, 7) is 4.42. The minimum absolute atomic E-state index is 0. The second-order valence-electron chi connectivity index (χ2n) is 5.90. The molecule has 2 aromatic carbocycles. The topological polar surface area (TPSA) is 52.3 Å². The third-order valence-electron chi connectivity index (χ3n) is 3.38. The number of ether oxygens (including phenoxy) is 1. The van der Waals surface area contributed by atoms with Crippen molar-refractivity contribution in [3.8, 4) is 11.1 Å². The first kappa shape index (κ1) is 19.2. The van der Waals surface area contributed by atoms with E-state index in [0.29, 0.717) is 18.9 Å². The van der Waals surface area contributed by atoms with Gasteiger partial charge in [0.1, 0.15) is 6.04 Å². The van der Waals surface area contributed by atoms with Gasteiger partial charge in [-0.2, -0.15) is 0 Å². The highest BCUT2D eigenvalue weighted by molar-refractivity contribution is 5.85. The van der Waals surface area contributed by atoms with E-state index in [1.165, 1.54) is 5.56 Å². The van der Waals surface area contributed by atoms with Crippen molar-refractivity contribution in [1.82, 2.24) is 0 Å². The molecule has 1 unspecified atom stereocenters. The number of hydrogen-bond acceptors (Lipinski definition) is 3. The summed E-state index contributed by atoms with van der Waals surface area (Å²) >= 11 is 0. The summed E-state index contributed by atoms with van der Waals surface area (Å²) in [5.41, 5.74) is 9.27. The molecule has 0 aromatic heterocycles. The Balaban J connectivity index is 0.00000264. The van der Waals surface area contributed by atoms with Gasteiger partial charge in [-0.3, -0.25) is 4.79 Å². The van der Waals surface area contributed by atoms with E-state index in [9.17, 15) is 4.79 Å². The smallest absolute Gasteiger partial charge is 0.323 e. The van der Waals surface area contributed by atoms with Gasteiger partial charge in [0.05, 0.1) is 6.61 Å². The van der Waals surface area contributed by atoms with Crippen LogP contribution in [0.2, 0.25) is 0 Å². The van der Waals surface area contributed by atoms with Crippen LogP contribution in [0.3, 0.4) is 0 Å². The second kappa shape index (κ2) is 9.33. The Bertz CT molecular complexity index is 597. The van der Waals surface area contributed by atoms with Crippen molar-refractivity contribution in [1.29, 1.82) is 0 Å². The average Bonchev–Trinajstić information content (AvgIpc) is 2.54. The van der Waals surface area contributed by atoms with Crippen molar-refractivity contribution in [2.75, 3.05) is 6.61 Å². The summed E-state index contributed by atoms with van der Waals surface area (Å²) in [7, 11) is 0. The summed E-state index contributed by atoms with van der Waals surface area (Å²) in [4.78, 5) is 11.8. The van der Waals surface area contributed by atoms with Crippen LogP contribution in [0.1, 0.15) is 19.4 Å². The molecule has 0 amide bonds. The second-order valence-corrected chi connectivity index (χ2v) is 5.90. The van der Waals surface area contributed by atoms with Gasteiger partial charge in [-0.25, -0.2) is 0 Å². The first-order valence-electron chi connectivity index (χ1n) is 7.63. The molecule has 23 heavy (non-hydrogen) atoms. The van der Waals surface area contributed by atoms with Crippen molar-refractivity contribution in [3.63, 3.8) is 0 Å². The lowest BCUT2D eigenvalue weighted by Gasteiger charge is -2.13. The predicted octanol–water partition coefficient (Wildman–Crippen LogP) is 3.84. The van der Waals surface area contributed by atoms with Gasteiger partial charge in [-0.05, 0) is 29.0 Å². The zero-order valence-corrected chi connectivity index (χ0v) is 14.4. The Labute approximate surface area is 144 Å². The molecule has 0 bridgehead atoms. The molecule has 0 saturated carbocycles. The fourth-order valence-corrected chi connectivity index (χ4v) is 2.16. The number of carbonyl (C=O) groups is 1. The van der Waals surface area contributed by atoms with Gasteiger partial charge < -0.3 is 10.5 Å². The van der Waals surface area contributed by atoms with Crippen LogP contribution in [-0.2, 0) is 16.0 Å². The van der Waals surface area contributed by atoms with Crippen LogP contribution >= 0.6 is 12.4 Å². The van der Waals surface area contributed by atoms with Crippen molar-refractivity contribution in [3.05, 3.63) is 60.2 Å². The van der Waals surface area contributed by atoms with Gasteiger partial charge >= 0.3 is 5.97 Å². The molecule has 4 heteroatoms. The lowest BCUT2D eigenvalue weighted by atomic mass is 10.0. The van der Waals surface area contributed by atoms with Gasteiger partial charge in [-0.1, -0.05) is 68.4 Å². The molecule has 1 atom stereocenters. The zero-order valence-electron chi connectivity index (χ0n) is 13.6. The largest absolute Gasteiger partial charge is 0.464 e. The number of benzene rings is 2. The summed E-state index contributed by atoms with van der Waals surface area (Å²) in [5.74, 6) is -0.0119. The number of esters is 1. The van der Waals surface area contributed by atoms with Crippen molar-refractivity contribution < 1.29 is 9.53 Å². The number of halogens is 1. The molecule has 2 rings (SSSR count). The van der Waals surface area contributed by atoms with E-state index in [4.69, 9.17) is 10.5 Å². The van der Waals surface area contributed by atoms with E-state index in [-0.39, 0.29) is 18.4 Å². The molecule has 0 radical (unpaired) electrons. The maximum Gasteiger partial charge on any atom is 0.323 e. The minimum atomic E-state index is -0.610. The van der Waals surface area contributed by atoms with Crippen LogP contribution < -0.4 is 5.73 Å². The van der Waals surface area contributed by atoms with Crippen LogP contribution in [0.4, 0.5) is 0 Å². The molecule has 3 nitrogen and oxygen atoms in total. The number of rotatable bonds is 6. The normalized spacial score (nSPS) is 11.7. The Kier molecular flexibility index (Phi) is 7.79. The summed E-state index contributed by atoms with van der Waals surface area (Å²) in [6, 6.07) is 17.7. The Morgan fingerprint density at radius 3 is 2.13 bits per heavy atom. The molecular formula is C19H24ClNO2. The molecule has 124 valence electrons. The van der Waals surface area contributed by atoms with Crippen LogP contribution in [0.5, 0.6) is 0 Å². The first-order valence-corrected chi connectivity index (χ1v) is 7.63. The summed E-state index contributed by atoms with van der Waals surface area (Å²) < 4.78 is 5.17. The van der Waals surface area contributed by atoms with Gasteiger partial charge in [0, 0.05) is 0 Å². The van der Waals surface area contributed by atoms with E-state index in [1.54, 1.807) is 0 Å². The van der Waals surface area contributed by atoms with Crippen LogP contribution in [-0.4, -0.2) is 18.6 Å². The van der Waals surface area contributed by atoms with E-state index in [2.05, 4.69) is 24.3 Å². The molecule has 0 heterocycles. The molecule has 0 fully saturated rings. The molecule has 0 spiro atoms. The maximum atomic E-state index is 11.8. The molecule has 2 N–H and O–H groups in total. The minimum Gasteiger partial charge on any atom is -0.464 e. The van der Waals surface area contributed by atoms with Gasteiger partial charge in [0.15, 0.2) is 0 Å². The lowest BCUT2D eigenvalue weighted by Crippen LogP contribution is -2.35. The van der Waals surface area contributed by atoms with Crippen LogP contribution in [0.25, 0.3) is 11.1 Å². The van der Waals surface area contributed by atoms with E-state index >= 15 is 0 Å². The fraction of sp³-hybridized carbons (Fsp3) is 0.316. The van der Waals surface area contributed by atoms with Crippen molar-refractivity contribution >= 4 is 18.4 Å². The highest BCUT2D eigenvalue weighted by Crippen LogP contribution is 2.19. The Morgan fingerprint density at radius 2 is 1.57 bits per heavy atom. The molecule has 0 aliphatic heterocycles. The first-order chi connectivity index (χ1) is 10.6. The van der Waals surface area contributed by atoms with Crippen molar-refractivity contribution in [2.24, 2.45) is 11.7 Å². The van der Waals surface area contributed by atoms with Crippen LogP contribution in [0, 0.1) is 5.92 Å². The highest BCUT2D eigenvalue weighted by atomic mass is 35.5. The maximum absolute atomic E-state index is 11.8. The predicted molar refractivity (Wildman–Crippen MR) is 96.6 cm³/mol. The summed E-state index contributed by atoms with van der Waals surface area (Å²) in [5, 5.41) is 0. The van der Waals surface area contributed by atoms with Gasteiger partial charge in [0.25, 0.3) is 0 Å². The lowest BCUT2D eigenvalue weighted by molar-refractivity contribution is -0.146. The van der Waals surface area contributed by atoms with Gasteiger partial charge in [-0.15, -0.1) is 12.4 Å². The zero-order chi connectivity index (χ0) is 15.9. The highest BCUT2D eigenvalue weighted by Gasteiger charge is 2.16. The number of hydrogen-bond donors (Lipinski definition) is 1. The van der Waals surface area contributed by atoms with E-state index < -0.39 is 6.04 Å². The fourth-order valence-electron chi connectivity index (χ4n) is 2.16. The molecule has 0 aliphatic rings. The van der Waals surface area contributed by atoms with Gasteiger partial charge in [0.2, 0.25) is 0 Å². The van der Waals surface area contributed by atoms with Crippen molar-refractivity contribution in [2.45, 2.75) is 26.3 Å². The number of nitrogens with two attached hydrogens (primary N) is 1. The standard InChI is InChI=1S/C19H23NO2.ClH/c1-14(2)13-22-19(21)18(20)12-15-8-10-17(11-9-15)16-6-4-3-5-7-16;/h3-11,14,18H,12-13,20H2,1-2H3;1H. The molecule has 2 aromatic rings. The average molecular weight is 334 g/mol. The number of carbonyl (C=O) groups excluding carboxylic acids is 1. The molecule has 0 saturated heterocycles. The molecule has 0 aliphatic carbocycles. The summed E-state index contributed by atoms with van der Waals surface area (Å²) in [6.07, 6.45) is 0.492. The van der Waals surface area contributed by atoms with E-state index in [0.717, 1.165) is 11.1 Å². The molecular weight excluding hydrogens is 310 g/mol. The van der Waals surface area contributed by atoms with E-state index in [1.807, 2.05) is 44.2 Å². The Hall–Kier alpha value is -1.84. The monoisotopic (exact) mass is 333 g/mol. The third-order valence-corrected chi connectivity index (χ3v) is 3.38. The third kappa shape index (κ3) is 6.05. The quantitative estimate of drug-likeness (QED) is 0.817. The SMILES string of the molecule is CC(C)COC(=O)C(N)Cc1ccc(-c2ccccc2)cc1.Cl. The Morgan fingerprint density at radius 1 is 1.00 bits per heavy atom.